The van der Waals surface area contributed by atoms with Crippen LogP contribution in [0.25, 0.3) is 5.69 Å². The van der Waals surface area contributed by atoms with E-state index < -0.39 is 0 Å². The summed E-state index contributed by atoms with van der Waals surface area (Å²) in [4.78, 5) is 13.0. The average molecular weight is 415 g/mol. The fourth-order valence-corrected chi connectivity index (χ4v) is 4.51. The van der Waals surface area contributed by atoms with Crippen molar-refractivity contribution >= 4 is 35.1 Å². The Morgan fingerprint density at radius 3 is 2.54 bits per heavy atom. The minimum Gasteiger partial charge on any atom is -0.497 e. The van der Waals surface area contributed by atoms with Crippen molar-refractivity contribution in [3.8, 4) is 17.2 Å². The highest BCUT2D eigenvalue weighted by Crippen LogP contribution is 2.38. The summed E-state index contributed by atoms with van der Waals surface area (Å²) in [6.07, 6.45) is 2.07. The number of fused-ring (bicyclic) bond motifs is 1. The van der Waals surface area contributed by atoms with Crippen LogP contribution in [0.5, 0.6) is 11.5 Å². The Balaban J connectivity index is 1.73. The largest absolute Gasteiger partial charge is 0.497 e. The molecule has 1 aliphatic heterocycles. The second-order valence-electron chi connectivity index (χ2n) is 6.38. The topological polar surface area (TPSA) is 52.5 Å². The first-order valence-corrected chi connectivity index (χ1v) is 10.2. The van der Waals surface area contributed by atoms with E-state index in [1.807, 2.05) is 40.6 Å². The molecule has 2 heterocycles. The van der Waals surface area contributed by atoms with Crippen molar-refractivity contribution in [2.24, 2.45) is 0 Å². The molecular formula is C21H19ClN2O3S. The zero-order valence-corrected chi connectivity index (χ0v) is 17.1. The summed E-state index contributed by atoms with van der Waals surface area (Å²) in [6, 6.07) is 12.7. The van der Waals surface area contributed by atoms with Crippen LogP contribution >= 0.6 is 23.4 Å². The van der Waals surface area contributed by atoms with Gasteiger partial charge in [0.15, 0.2) is 0 Å². The molecule has 144 valence electrons. The van der Waals surface area contributed by atoms with Crippen LogP contribution in [0, 0.1) is 0 Å². The summed E-state index contributed by atoms with van der Waals surface area (Å²) >= 11 is 8.01. The quantitative estimate of drug-likeness (QED) is 0.627. The molecule has 1 amide bonds. The van der Waals surface area contributed by atoms with Gasteiger partial charge in [-0.2, -0.15) is 11.8 Å². The fourth-order valence-electron chi connectivity index (χ4n) is 3.23. The SMILES string of the molecule is COc1cc(OC)cc(C(=O)Nc2c3c(cn2-c2cccc(Cl)c2)CSC3)c1. The molecule has 5 nitrogen and oxygen atoms in total. The number of amides is 1. The van der Waals surface area contributed by atoms with Gasteiger partial charge in [-0.05, 0) is 35.9 Å². The van der Waals surface area contributed by atoms with Gasteiger partial charge >= 0.3 is 0 Å². The van der Waals surface area contributed by atoms with E-state index in [-0.39, 0.29) is 5.91 Å². The van der Waals surface area contributed by atoms with E-state index in [2.05, 4.69) is 11.5 Å². The Bertz CT molecular complexity index is 1030. The van der Waals surface area contributed by atoms with E-state index in [1.54, 1.807) is 32.4 Å². The third-order valence-electron chi connectivity index (χ3n) is 4.64. The Labute approximate surface area is 172 Å². The molecule has 1 N–H and O–H groups in total. The predicted octanol–water partition coefficient (Wildman–Crippen LogP) is 5.15. The molecule has 0 saturated carbocycles. The zero-order valence-electron chi connectivity index (χ0n) is 15.5. The number of halogens is 1. The van der Waals surface area contributed by atoms with Gasteiger partial charge in [-0.25, -0.2) is 0 Å². The number of carbonyl (C=O) groups excluding carboxylic acids is 1. The number of thioether (sulfide) groups is 1. The number of aromatic nitrogens is 1. The smallest absolute Gasteiger partial charge is 0.257 e. The number of nitrogens with one attached hydrogen (secondary N) is 1. The van der Waals surface area contributed by atoms with Gasteiger partial charge in [-0.15, -0.1) is 0 Å². The second kappa shape index (κ2) is 7.81. The van der Waals surface area contributed by atoms with Crippen LogP contribution in [0.15, 0.2) is 48.7 Å². The van der Waals surface area contributed by atoms with E-state index in [0.717, 1.165) is 28.6 Å². The lowest BCUT2D eigenvalue weighted by Gasteiger charge is -2.14. The van der Waals surface area contributed by atoms with E-state index in [9.17, 15) is 4.79 Å². The van der Waals surface area contributed by atoms with Crippen molar-refractivity contribution in [1.82, 2.24) is 4.57 Å². The summed E-state index contributed by atoms with van der Waals surface area (Å²) in [5.74, 6) is 3.47. The number of carbonyl (C=O) groups is 1. The Kier molecular flexibility index (Phi) is 5.24. The van der Waals surface area contributed by atoms with Crippen LogP contribution in [0.4, 0.5) is 5.82 Å². The minimum atomic E-state index is -0.224. The van der Waals surface area contributed by atoms with Gasteiger partial charge in [0.05, 0.1) is 14.2 Å². The fraction of sp³-hybridized carbons (Fsp3) is 0.190. The van der Waals surface area contributed by atoms with Gasteiger partial charge in [-0.3, -0.25) is 4.79 Å². The van der Waals surface area contributed by atoms with Crippen LogP contribution < -0.4 is 14.8 Å². The molecule has 0 unspecified atom stereocenters. The van der Waals surface area contributed by atoms with E-state index >= 15 is 0 Å². The van der Waals surface area contributed by atoms with Crippen LogP contribution in [0.2, 0.25) is 5.02 Å². The van der Waals surface area contributed by atoms with Gasteiger partial charge in [0.1, 0.15) is 17.3 Å². The normalized spacial score (nSPS) is 12.5. The molecule has 0 radical (unpaired) electrons. The van der Waals surface area contributed by atoms with Crippen LogP contribution in [0.1, 0.15) is 21.5 Å². The predicted molar refractivity (Wildman–Crippen MR) is 113 cm³/mol. The molecule has 3 aromatic rings. The van der Waals surface area contributed by atoms with Crippen LogP contribution in [0.3, 0.4) is 0 Å². The van der Waals surface area contributed by atoms with E-state index in [0.29, 0.717) is 22.1 Å². The monoisotopic (exact) mass is 414 g/mol. The lowest BCUT2D eigenvalue weighted by atomic mass is 10.1. The first-order chi connectivity index (χ1) is 13.6. The molecule has 4 rings (SSSR count). The second-order valence-corrected chi connectivity index (χ2v) is 7.80. The van der Waals surface area contributed by atoms with Gasteiger partial charge in [-0.1, -0.05) is 17.7 Å². The first-order valence-electron chi connectivity index (χ1n) is 8.70. The maximum absolute atomic E-state index is 13.0. The molecule has 0 spiro atoms. The number of ether oxygens (including phenoxy) is 2. The highest BCUT2D eigenvalue weighted by molar-refractivity contribution is 7.98. The van der Waals surface area contributed by atoms with Crippen LogP contribution in [-0.2, 0) is 11.5 Å². The summed E-state index contributed by atoms with van der Waals surface area (Å²) in [6.45, 7) is 0. The molecule has 0 bridgehead atoms. The molecule has 2 aromatic carbocycles. The third-order valence-corrected chi connectivity index (χ3v) is 5.88. The molecule has 28 heavy (non-hydrogen) atoms. The van der Waals surface area contributed by atoms with Crippen molar-refractivity contribution in [2.45, 2.75) is 11.5 Å². The van der Waals surface area contributed by atoms with Gasteiger partial charge < -0.3 is 19.4 Å². The maximum atomic E-state index is 13.0. The highest BCUT2D eigenvalue weighted by atomic mass is 35.5. The molecule has 0 atom stereocenters. The van der Waals surface area contributed by atoms with Gasteiger partial charge in [0.2, 0.25) is 0 Å². The molecular weight excluding hydrogens is 396 g/mol. The van der Waals surface area contributed by atoms with Crippen molar-refractivity contribution < 1.29 is 14.3 Å². The van der Waals surface area contributed by atoms with Crippen molar-refractivity contribution in [1.29, 1.82) is 0 Å². The standard InChI is InChI=1S/C21H19ClN2O3S/c1-26-17-6-13(7-18(9-17)27-2)21(25)23-20-19-12-28-11-14(19)10-24(20)16-5-3-4-15(22)8-16/h3-10H,11-12H2,1-2H3,(H,23,25). The van der Waals surface area contributed by atoms with Crippen LogP contribution in [-0.4, -0.2) is 24.7 Å². The summed E-state index contributed by atoms with van der Waals surface area (Å²) < 4.78 is 12.6. The van der Waals surface area contributed by atoms with Crippen molar-refractivity contribution in [3.63, 3.8) is 0 Å². The zero-order chi connectivity index (χ0) is 19.7. The molecule has 0 fully saturated rings. The van der Waals surface area contributed by atoms with Gasteiger partial charge in [0, 0.05) is 45.6 Å². The summed E-state index contributed by atoms with van der Waals surface area (Å²) in [5, 5.41) is 3.73. The molecule has 0 saturated heterocycles. The molecule has 1 aromatic heterocycles. The molecule has 7 heteroatoms. The number of anilines is 1. The lowest BCUT2D eigenvalue weighted by molar-refractivity contribution is 0.102. The number of hydrogen-bond donors (Lipinski definition) is 1. The third kappa shape index (κ3) is 3.57. The maximum Gasteiger partial charge on any atom is 0.257 e. The molecule has 0 aliphatic carbocycles. The highest BCUT2D eigenvalue weighted by Gasteiger charge is 2.23. The number of hydrogen-bond acceptors (Lipinski definition) is 4. The van der Waals surface area contributed by atoms with Gasteiger partial charge in [0.25, 0.3) is 5.91 Å². The lowest BCUT2D eigenvalue weighted by Crippen LogP contribution is -2.16. The Morgan fingerprint density at radius 1 is 1.11 bits per heavy atom. The Morgan fingerprint density at radius 2 is 1.86 bits per heavy atom. The van der Waals surface area contributed by atoms with E-state index in [1.165, 1.54) is 5.56 Å². The summed E-state index contributed by atoms with van der Waals surface area (Å²) in [7, 11) is 3.12. The number of rotatable bonds is 5. The van der Waals surface area contributed by atoms with Crippen molar-refractivity contribution in [2.75, 3.05) is 19.5 Å². The first kappa shape index (κ1) is 18.8. The number of benzene rings is 2. The summed E-state index contributed by atoms with van der Waals surface area (Å²) in [5.41, 5.74) is 3.75. The molecule has 1 aliphatic rings. The number of nitrogens with zero attached hydrogens (tertiary/aromatic N) is 1. The Hall–Kier alpha value is -2.57. The van der Waals surface area contributed by atoms with E-state index in [4.69, 9.17) is 21.1 Å². The van der Waals surface area contributed by atoms with Crippen molar-refractivity contribution in [3.05, 3.63) is 70.4 Å². The minimum absolute atomic E-state index is 0.224. The average Bonchev–Trinajstić information content (AvgIpc) is 3.30. The number of methoxy groups -OCH3 is 2.